The number of carbonyl (C=O) groups is 1. The highest BCUT2D eigenvalue weighted by Gasteiger charge is 2.59. The molecule has 33 heavy (non-hydrogen) atoms. The van der Waals surface area contributed by atoms with Crippen molar-refractivity contribution < 1.29 is 31.8 Å². The Bertz CT molecular complexity index is 855. The summed E-state index contributed by atoms with van der Waals surface area (Å²) < 4.78 is 62.0. The predicted molar refractivity (Wildman–Crippen MR) is 118 cm³/mol. The summed E-state index contributed by atoms with van der Waals surface area (Å²) in [5.41, 5.74) is 5.08. The molecular formula is C23H33F4N3O3. The normalized spacial score (nSPS) is 27.1. The van der Waals surface area contributed by atoms with Crippen LogP contribution in [-0.4, -0.2) is 57.0 Å². The number of ether oxygens (including phenoxy) is 2. The Kier molecular flexibility index (Phi) is 8.37. The van der Waals surface area contributed by atoms with E-state index in [4.69, 9.17) is 10.5 Å². The van der Waals surface area contributed by atoms with Gasteiger partial charge < -0.3 is 24.9 Å². The van der Waals surface area contributed by atoms with E-state index >= 15 is 0 Å². The third-order valence-corrected chi connectivity index (χ3v) is 6.48. The maximum Gasteiger partial charge on any atom is 0.461 e. The number of alkyl halides is 4. The molecule has 2 aliphatic carbocycles. The van der Waals surface area contributed by atoms with Crippen molar-refractivity contribution in [3.05, 3.63) is 29.3 Å². The Morgan fingerprint density at radius 3 is 2.36 bits per heavy atom. The van der Waals surface area contributed by atoms with Crippen LogP contribution in [0.4, 0.5) is 17.6 Å². The first-order chi connectivity index (χ1) is 15.5. The number of guanidine groups is 1. The van der Waals surface area contributed by atoms with Crippen molar-refractivity contribution in [1.82, 2.24) is 4.90 Å². The minimum absolute atomic E-state index is 0.0532. The molecule has 1 saturated carbocycles. The number of halogens is 4. The fourth-order valence-corrected chi connectivity index (χ4v) is 4.73. The second kappa shape index (κ2) is 10.3. The van der Waals surface area contributed by atoms with Gasteiger partial charge in [-0.1, -0.05) is 19.9 Å². The van der Waals surface area contributed by atoms with Crippen molar-refractivity contribution in [3.8, 4) is 5.75 Å². The number of hydrogen-bond donors (Lipinski definition) is 1. The number of methoxy groups -OCH3 is 1. The molecule has 0 saturated heterocycles. The van der Waals surface area contributed by atoms with Crippen LogP contribution < -0.4 is 10.5 Å². The average molecular weight is 476 g/mol. The van der Waals surface area contributed by atoms with Crippen LogP contribution in [0.5, 0.6) is 5.75 Å². The van der Waals surface area contributed by atoms with Gasteiger partial charge in [0.05, 0.1) is 6.10 Å². The summed E-state index contributed by atoms with van der Waals surface area (Å²) in [6.45, 7) is 4.00. The van der Waals surface area contributed by atoms with Crippen LogP contribution in [0.1, 0.15) is 50.7 Å². The second-order valence-corrected chi connectivity index (χ2v) is 8.42. The van der Waals surface area contributed by atoms with Gasteiger partial charge in [-0.25, -0.2) is 4.99 Å². The molecule has 186 valence electrons. The van der Waals surface area contributed by atoms with Crippen LogP contribution in [0.15, 0.2) is 23.2 Å². The summed E-state index contributed by atoms with van der Waals surface area (Å²) >= 11 is 0. The molecule has 3 rings (SSSR count). The van der Waals surface area contributed by atoms with E-state index < -0.39 is 29.2 Å². The molecule has 0 aromatic heterocycles. The zero-order chi connectivity index (χ0) is 25.0. The summed E-state index contributed by atoms with van der Waals surface area (Å²) in [7, 11) is 4.98. The van der Waals surface area contributed by atoms with Crippen LogP contribution in [0.2, 0.25) is 0 Å². The molecule has 2 N–H and O–H groups in total. The minimum Gasteiger partial charge on any atom is -0.428 e. The van der Waals surface area contributed by atoms with Crippen LogP contribution >= 0.6 is 0 Å². The third kappa shape index (κ3) is 4.95. The third-order valence-electron chi connectivity index (χ3n) is 6.48. The summed E-state index contributed by atoms with van der Waals surface area (Å²) in [6.07, 6.45) is -4.82. The molecule has 0 heterocycles. The van der Waals surface area contributed by atoms with Gasteiger partial charge in [0.1, 0.15) is 5.75 Å². The van der Waals surface area contributed by atoms with E-state index in [0.29, 0.717) is 44.0 Å². The van der Waals surface area contributed by atoms with E-state index in [0.717, 1.165) is 5.56 Å². The lowest BCUT2D eigenvalue weighted by atomic mass is 9.62. The number of nitrogens with two attached hydrogens (primary N) is 1. The largest absolute Gasteiger partial charge is 0.461 e. The quantitative estimate of drug-likeness (QED) is 0.287. The molecule has 1 spiro atoms. The SMILES string of the molecule is CC.COC1CCC2(CC1)Cc1ccc(OC(F)(F)C(F)F)cc1C2(C=O)N=C(N)N(C)C. The molecule has 10 heteroatoms. The summed E-state index contributed by atoms with van der Waals surface area (Å²) in [5, 5.41) is 0. The molecule has 0 amide bonds. The number of nitrogens with zero attached hydrogens (tertiary/aromatic N) is 2. The van der Waals surface area contributed by atoms with Gasteiger partial charge in [-0.3, -0.25) is 0 Å². The molecule has 0 aliphatic heterocycles. The number of fused-ring (bicyclic) bond motifs is 1. The van der Waals surface area contributed by atoms with Gasteiger partial charge in [0.15, 0.2) is 17.8 Å². The fraction of sp³-hybridized carbons (Fsp3) is 0.652. The summed E-state index contributed by atoms with van der Waals surface area (Å²) in [4.78, 5) is 18.8. The van der Waals surface area contributed by atoms with Crippen LogP contribution in [0.3, 0.4) is 0 Å². The highest BCUT2D eigenvalue weighted by molar-refractivity contribution is 5.84. The first-order valence-corrected chi connectivity index (χ1v) is 11.0. The van der Waals surface area contributed by atoms with Gasteiger partial charge in [0.25, 0.3) is 0 Å². The molecule has 0 radical (unpaired) electrons. The van der Waals surface area contributed by atoms with E-state index in [-0.39, 0.29) is 12.1 Å². The van der Waals surface area contributed by atoms with Crippen molar-refractivity contribution in [2.45, 2.75) is 70.1 Å². The number of carbonyl (C=O) groups excluding carboxylic acids is 1. The zero-order valence-corrected chi connectivity index (χ0v) is 19.7. The van der Waals surface area contributed by atoms with Crippen molar-refractivity contribution >= 4 is 12.2 Å². The van der Waals surface area contributed by atoms with Gasteiger partial charge in [0.2, 0.25) is 0 Å². The van der Waals surface area contributed by atoms with E-state index in [2.05, 4.69) is 9.73 Å². The monoisotopic (exact) mass is 475 g/mol. The first kappa shape index (κ1) is 26.9. The van der Waals surface area contributed by atoms with Crippen LogP contribution in [-0.2, 0) is 21.5 Å². The zero-order valence-electron chi connectivity index (χ0n) is 19.7. The smallest absolute Gasteiger partial charge is 0.428 e. The highest BCUT2D eigenvalue weighted by Crippen LogP contribution is 2.59. The molecule has 1 atom stereocenters. The van der Waals surface area contributed by atoms with E-state index in [1.54, 1.807) is 26.1 Å². The van der Waals surface area contributed by atoms with Crippen LogP contribution in [0.25, 0.3) is 0 Å². The van der Waals surface area contributed by atoms with Gasteiger partial charge in [-0.15, -0.1) is 0 Å². The molecule has 1 aromatic carbocycles. The maximum absolute atomic E-state index is 13.5. The maximum atomic E-state index is 13.5. The van der Waals surface area contributed by atoms with Gasteiger partial charge >= 0.3 is 12.5 Å². The number of aliphatic imine (C=N–C) groups is 1. The first-order valence-electron chi connectivity index (χ1n) is 11.0. The second-order valence-electron chi connectivity index (χ2n) is 8.42. The Balaban J connectivity index is 0.00000187. The topological polar surface area (TPSA) is 77.1 Å². The Morgan fingerprint density at radius 2 is 1.88 bits per heavy atom. The Morgan fingerprint density at radius 1 is 1.27 bits per heavy atom. The highest BCUT2D eigenvalue weighted by atomic mass is 19.3. The summed E-state index contributed by atoms with van der Waals surface area (Å²) in [5.74, 6) is -0.367. The molecule has 0 bridgehead atoms. The number of benzene rings is 1. The lowest BCUT2D eigenvalue weighted by Gasteiger charge is -2.45. The number of aldehydes is 1. The molecule has 1 aromatic rings. The van der Waals surface area contributed by atoms with E-state index in [9.17, 15) is 22.4 Å². The lowest BCUT2D eigenvalue weighted by Crippen LogP contribution is -2.48. The fourth-order valence-electron chi connectivity index (χ4n) is 4.73. The average Bonchev–Trinajstić information content (AvgIpc) is 3.04. The standard InChI is InChI=1S/C21H27F4N3O3.C2H6/c1-28(2)18(26)27-20(12-29)16-10-15(31-21(24,25)17(22)23)5-4-13(16)11-19(20)8-6-14(30-3)7-9-19;1-2/h4-5,10,12,14,17H,6-9,11H2,1-3H3,(H2,26,27);1-2H3. The van der Waals surface area contributed by atoms with E-state index in [1.807, 2.05) is 13.8 Å². The summed E-state index contributed by atoms with van der Waals surface area (Å²) in [6, 6.07) is 3.95. The Labute approximate surface area is 192 Å². The van der Waals surface area contributed by atoms with E-state index in [1.165, 1.54) is 18.2 Å². The predicted octanol–water partition coefficient (Wildman–Crippen LogP) is 4.35. The Hall–Kier alpha value is -2.36. The van der Waals surface area contributed by atoms with Gasteiger partial charge in [0, 0.05) is 26.6 Å². The molecule has 2 aliphatic rings. The van der Waals surface area contributed by atoms with Gasteiger partial charge in [-0.05, 0) is 55.4 Å². The molecular weight excluding hydrogens is 442 g/mol. The number of hydrogen-bond acceptors (Lipinski definition) is 4. The molecule has 6 nitrogen and oxygen atoms in total. The lowest BCUT2D eigenvalue weighted by molar-refractivity contribution is -0.253. The van der Waals surface area contributed by atoms with Crippen molar-refractivity contribution in [2.24, 2.45) is 16.1 Å². The molecule has 1 fully saturated rings. The number of rotatable bonds is 6. The molecule has 1 unspecified atom stereocenters. The van der Waals surface area contributed by atoms with Crippen molar-refractivity contribution in [3.63, 3.8) is 0 Å². The van der Waals surface area contributed by atoms with Gasteiger partial charge in [-0.2, -0.15) is 17.6 Å². The van der Waals surface area contributed by atoms with Crippen molar-refractivity contribution in [2.75, 3.05) is 21.2 Å². The van der Waals surface area contributed by atoms with Crippen LogP contribution in [0, 0.1) is 5.41 Å². The van der Waals surface area contributed by atoms with Crippen molar-refractivity contribution in [1.29, 1.82) is 0 Å². The minimum atomic E-state index is -4.66.